The van der Waals surface area contributed by atoms with Gasteiger partial charge in [0.1, 0.15) is 5.75 Å². The summed E-state index contributed by atoms with van der Waals surface area (Å²) >= 11 is 0. The number of ether oxygens (including phenoxy) is 2. The molecular formula is C11H14O4. The van der Waals surface area contributed by atoms with Crippen LogP contribution < -0.4 is 9.47 Å². The van der Waals surface area contributed by atoms with E-state index in [4.69, 9.17) is 9.47 Å². The molecule has 0 aliphatic heterocycles. The van der Waals surface area contributed by atoms with Crippen LogP contribution in [0.1, 0.15) is 20.3 Å². The Bertz CT molecular complexity index is 346. The number of rotatable bonds is 4. The largest absolute Gasteiger partial charge is 0.504 e. The molecule has 0 aromatic heterocycles. The van der Waals surface area contributed by atoms with Gasteiger partial charge in [0.05, 0.1) is 6.61 Å². The quantitative estimate of drug-likeness (QED) is 0.610. The summed E-state index contributed by atoms with van der Waals surface area (Å²) in [7, 11) is 0. The zero-order valence-corrected chi connectivity index (χ0v) is 8.82. The minimum absolute atomic E-state index is 0.0294. The normalized spacial score (nSPS) is 9.73. The highest BCUT2D eigenvalue weighted by Gasteiger charge is 2.06. The number of benzene rings is 1. The Morgan fingerprint density at radius 1 is 1.40 bits per heavy atom. The van der Waals surface area contributed by atoms with E-state index in [1.54, 1.807) is 19.1 Å². The van der Waals surface area contributed by atoms with Crippen LogP contribution in [-0.4, -0.2) is 17.7 Å². The molecule has 0 heterocycles. The van der Waals surface area contributed by atoms with Crippen molar-refractivity contribution in [2.75, 3.05) is 6.61 Å². The highest BCUT2D eigenvalue weighted by molar-refractivity contribution is 5.72. The summed E-state index contributed by atoms with van der Waals surface area (Å²) in [5.74, 6) is 0.341. The van der Waals surface area contributed by atoms with E-state index in [9.17, 15) is 9.90 Å². The zero-order chi connectivity index (χ0) is 11.3. The van der Waals surface area contributed by atoms with Crippen molar-refractivity contribution in [3.8, 4) is 17.2 Å². The van der Waals surface area contributed by atoms with E-state index in [2.05, 4.69) is 0 Å². The summed E-state index contributed by atoms with van der Waals surface area (Å²) in [6.07, 6.45) is 0.300. The molecule has 0 spiro atoms. The molecule has 1 aromatic carbocycles. The van der Waals surface area contributed by atoms with Gasteiger partial charge in [0.25, 0.3) is 0 Å². The van der Waals surface area contributed by atoms with Crippen molar-refractivity contribution in [2.24, 2.45) is 0 Å². The molecule has 0 unspecified atom stereocenters. The first-order valence-electron chi connectivity index (χ1n) is 4.83. The molecule has 0 saturated carbocycles. The van der Waals surface area contributed by atoms with Gasteiger partial charge in [-0.2, -0.15) is 0 Å². The molecule has 15 heavy (non-hydrogen) atoms. The van der Waals surface area contributed by atoms with E-state index in [1.165, 1.54) is 6.07 Å². The van der Waals surface area contributed by atoms with Crippen LogP contribution in [0.3, 0.4) is 0 Å². The topological polar surface area (TPSA) is 55.8 Å². The maximum atomic E-state index is 11.0. The third kappa shape index (κ3) is 3.16. The fourth-order valence-corrected chi connectivity index (χ4v) is 1.04. The predicted octanol–water partition coefficient (Wildman–Crippen LogP) is 2.11. The summed E-state index contributed by atoms with van der Waals surface area (Å²) in [5.41, 5.74) is 0. The summed E-state index contributed by atoms with van der Waals surface area (Å²) in [4.78, 5) is 11.0. The van der Waals surface area contributed by atoms with Crippen molar-refractivity contribution in [2.45, 2.75) is 20.3 Å². The van der Waals surface area contributed by atoms with Crippen LogP contribution >= 0.6 is 0 Å². The van der Waals surface area contributed by atoms with Gasteiger partial charge in [-0.3, -0.25) is 4.79 Å². The van der Waals surface area contributed by atoms with Crippen LogP contribution in [0.15, 0.2) is 18.2 Å². The van der Waals surface area contributed by atoms with E-state index in [0.29, 0.717) is 24.5 Å². The smallest absolute Gasteiger partial charge is 0.310 e. The fraction of sp³-hybridized carbons (Fsp3) is 0.364. The molecule has 0 radical (unpaired) electrons. The Hall–Kier alpha value is -1.71. The molecule has 0 saturated heterocycles. The van der Waals surface area contributed by atoms with Crippen LogP contribution in [0.4, 0.5) is 0 Å². The lowest BCUT2D eigenvalue weighted by Crippen LogP contribution is -2.05. The highest BCUT2D eigenvalue weighted by atomic mass is 16.5. The molecule has 0 atom stereocenters. The van der Waals surface area contributed by atoms with Gasteiger partial charge >= 0.3 is 5.97 Å². The fourth-order valence-electron chi connectivity index (χ4n) is 1.04. The van der Waals surface area contributed by atoms with Crippen molar-refractivity contribution in [3.05, 3.63) is 18.2 Å². The van der Waals surface area contributed by atoms with Crippen molar-refractivity contribution in [1.82, 2.24) is 0 Å². The Labute approximate surface area is 88.4 Å². The number of carbonyl (C=O) groups is 1. The average molecular weight is 210 g/mol. The predicted molar refractivity (Wildman–Crippen MR) is 55.2 cm³/mol. The van der Waals surface area contributed by atoms with E-state index < -0.39 is 0 Å². The molecule has 0 bridgehead atoms. The molecule has 0 amide bonds. The molecule has 1 rings (SSSR count). The van der Waals surface area contributed by atoms with Gasteiger partial charge in [0, 0.05) is 12.5 Å². The monoisotopic (exact) mass is 210 g/mol. The Balaban J connectivity index is 2.77. The van der Waals surface area contributed by atoms with E-state index in [0.717, 1.165) is 0 Å². The molecule has 0 aliphatic carbocycles. The molecule has 0 fully saturated rings. The van der Waals surface area contributed by atoms with Crippen molar-refractivity contribution in [1.29, 1.82) is 0 Å². The Kier molecular flexibility index (Phi) is 3.97. The molecule has 82 valence electrons. The van der Waals surface area contributed by atoms with E-state index >= 15 is 0 Å². The number of phenols is 1. The van der Waals surface area contributed by atoms with Gasteiger partial charge in [-0.15, -0.1) is 0 Å². The first kappa shape index (κ1) is 11.4. The lowest BCUT2D eigenvalue weighted by atomic mass is 10.3. The summed E-state index contributed by atoms with van der Waals surface area (Å²) in [6.45, 7) is 4.00. The maximum Gasteiger partial charge on any atom is 0.310 e. The number of aromatic hydroxyl groups is 1. The third-order valence-corrected chi connectivity index (χ3v) is 1.75. The first-order valence-corrected chi connectivity index (χ1v) is 4.83. The number of phenolic OH excluding ortho intramolecular Hbond substituents is 1. The summed E-state index contributed by atoms with van der Waals surface area (Å²) in [5, 5.41) is 9.49. The number of esters is 1. The molecule has 1 aromatic rings. The van der Waals surface area contributed by atoms with Gasteiger partial charge in [0.2, 0.25) is 0 Å². The van der Waals surface area contributed by atoms with Crippen LogP contribution in [0.2, 0.25) is 0 Å². The van der Waals surface area contributed by atoms with E-state index in [-0.39, 0.29) is 11.7 Å². The van der Waals surface area contributed by atoms with Crippen molar-refractivity contribution < 1.29 is 19.4 Å². The Morgan fingerprint density at radius 3 is 2.67 bits per heavy atom. The SMILES string of the molecule is CCOc1ccc(OC(=O)CC)cc1O. The van der Waals surface area contributed by atoms with Gasteiger partial charge in [0.15, 0.2) is 11.5 Å². The van der Waals surface area contributed by atoms with Crippen molar-refractivity contribution in [3.63, 3.8) is 0 Å². The number of carbonyl (C=O) groups excluding carboxylic acids is 1. The number of hydrogen-bond donors (Lipinski definition) is 1. The highest BCUT2D eigenvalue weighted by Crippen LogP contribution is 2.30. The summed E-state index contributed by atoms with van der Waals surface area (Å²) in [6, 6.07) is 4.51. The third-order valence-electron chi connectivity index (χ3n) is 1.75. The first-order chi connectivity index (χ1) is 7.17. The second kappa shape index (κ2) is 5.24. The molecular weight excluding hydrogens is 196 g/mol. The maximum absolute atomic E-state index is 11.0. The second-order valence-electron chi connectivity index (χ2n) is 2.89. The average Bonchev–Trinajstić information content (AvgIpc) is 2.22. The van der Waals surface area contributed by atoms with Crippen LogP contribution in [0.25, 0.3) is 0 Å². The van der Waals surface area contributed by atoms with Crippen molar-refractivity contribution >= 4 is 5.97 Å². The standard InChI is InChI=1S/C11H14O4/c1-3-11(13)15-8-5-6-10(14-4-2)9(12)7-8/h5-7,12H,3-4H2,1-2H3. The molecule has 4 heteroatoms. The number of hydrogen-bond acceptors (Lipinski definition) is 4. The van der Waals surface area contributed by atoms with Gasteiger partial charge in [-0.25, -0.2) is 0 Å². The molecule has 0 aliphatic rings. The zero-order valence-electron chi connectivity index (χ0n) is 8.82. The lowest BCUT2D eigenvalue weighted by molar-refractivity contribution is -0.134. The van der Waals surface area contributed by atoms with Crippen LogP contribution in [-0.2, 0) is 4.79 Å². The van der Waals surface area contributed by atoms with Gasteiger partial charge in [-0.1, -0.05) is 6.92 Å². The van der Waals surface area contributed by atoms with Gasteiger partial charge < -0.3 is 14.6 Å². The minimum atomic E-state index is -0.335. The lowest BCUT2D eigenvalue weighted by Gasteiger charge is -2.07. The molecule has 1 N–H and O–H groups in total. The minimum Gasteiger partial charge on any atom is -0.504 e. The Morgan fingerprint density at radius 2 is 2.13 bits per heavy atom. The van der Waals surface area contributed by atoms with Crippen LogP contribution in [0, 0.1) is 0 Å². The second-order valence-corrected chi connectivity index (χ2v) is 2.89. The van der Waals surface area contributed by atoms with Gasteiger partial charge in [-0.05, 0) is 19.1 Å². The molecule has 4 nitrogen and oxygen atoms in total. The van der Waals surface area contributed by atoms with Crippen LogP contribution in [0.5, 0.6) is 17.2 Å². The summed E-state index contributed by atoms with van der Waals surface area (Å²) < 4.78 is 10.1. The van der Waals surface area contributed by atoms with E-state index in [1.807, 2.05) is 6.92 Å².